The molecule has 66 valence electrons. The van der Waals surface area contributed by atoms with E-state index in [1.807, 2.05) is 6.92 Å². The first-order chi connectivity index (χ1) is 4.70. The minimum atomic E-state index is -0.852. The molecular weight excluding hydrogens is 170 g/mol. The molecule has 1 rings (SSSR count). The predicted octanol–water partition coefficient (Wildman–Crippen LogP) is 0.807. The quantitative estimate of drug-likeness (QED) is 0.602. The van der Waals surface area contributed by atoms with Crippen LogP contribution >= 0.6 is 12.4 Å². The lowest BCUT2D eigenvalue weighted by atomic mass is 10.3. The van der Waals surface area contributed by atoms with E-state index in [4.69, 9.17) is 9.84 Å². The van der Waals surface area contributed by atoms with Crippen molar-refractivity contribution in [3.8, 4) is 0 Å². The van der Waals surface area contributed by atoms with Crippen molar-refractivity contribution >= 4 is 18.5 Å². The summed E-state index contributed by atoms with van der Waals surface area (Å²) in [4.78, 5) is 11.7. The van der Waals surface area contributed by atoms with Gasteiger partial charge in [-0.1, -0.05) is 0 Å². The van der Waals surface area contributed by atoms with Gasteiger partial charge in [0.05, 0.1) is 19.3 Å². The average Bonchev–Trinajstić information content (AvgIpc) is 1.88. The fourth-order valence-corrected chi connectivity index (χ4v) is 0.992. The van der Waals surface area contributed by atoms with Crippen LogP contribution in [0.4, 0.5) is 4.79 Å². The minimum Gasteiger partial charge on any atom is -0.465 e. The van der Waals surface area contributed by atoms with Gasteiger partial charge in [-0.25, -0.2) is 4.79 Å². The lowest BCUT2D eigenvalue weighted by Gasteiger charge is -2.28. The molecule has 0 radical (unpaired) electrons. The lowest BCUT2D eigenvalue weighted by Crippen LogP contribution is -2.43. The van der Waals surface area contributed by atoms with E-state index in [0.29, 0.717) is 19.7 Å². The van der Waals surface area contributed by atoms with Crippen LogP contribution in [-0.4, -0.2) is 41.9 Å². The van der Waals surface area contributed by atoms with Gasteiger partial charge >= 0.3 is 6.09 Å². The Morgan fingerprint density at radius 2 is 2.36 bits per heavy atom. The Morgan fingerprint density at radius 1 is 1.73 bits per heavy atom. The number of morpholine rings is 1. The first-order valence-electron chi connectivity index (χ1n) is 3.29. The molecule has 0 aromatic carbocycles. The van der Waals surface area contributed by atoms with E-state index >= 15 is 0 Å². The summed E-state index contributed by atoms with van der Waals surface area (Å²) < 4.78 is 5.15. The Hall–Kier alpha value is -0.480. The van der Waals surface area contributed by atoms with Crippen LogP contribution in [-0.2, 0) is 4.74 Å². The zero-order valence-electron chi connectivity index (χ0n) is 6.32. The average molecular weight is 182 g/mol. The zero-order valence-corrected chi connectivity index (χ0v) is 7.13. The van der Waals surface area contributed by atoms with Crippen molar-refractivity contribution in [3.05, 3.63) is 0 Å². The van der Waals surface area contributed by atoms with Gasteiger partial charge in [-0.2, -0.15) is 0 Å². The van der Waals surface area contributed by atoms with Crippen LogP contribution in [0.3, 0.4) is 0 Å². The molecule has 0 unspecified atom stereocenters. The topological polar surface area (TPSA) is 49.8 Å². The predicted molar refractivity (Wildman–Crippen MR) is 42.3 cm³/mol. The molecule has 11 heavy (non-hydrogen) atoms. The Balaban J connectivity index is 0.000001000. The maximum Gasteiger partial charge on any atom is 0.407 e. The number of amides is 1. The molecule has 1 saturated heterocycles. The molecular formula is C6H12ClNO3. The summed E-state index contributed by atoms with van der Waals surface area (Å²) in [6.07, 6.45) is -0.806. The lowest BCUT2D eigenvalue weighted by molar-refractivity contribution is -0.0120. The molecule has 0 spiro atoms. The van der Waals surface area contributed by atoms with Crippen LogP contribution in [0.25, 0.3) is 0 Å². The Bertz CT molecular complexity index is 142. The highest BCUT2D eigenvalue weighted by molar-refractivity contribution is 5.85. The Kier molecular flexibility index (Phi) is 4.22. The monoisotopic (exact) mass is 181 g/mol. The first-order valence-corrected chi connectivity index (χ1v) is 3.29. The Morgan fingerprint density at radius 3 is 2.73 bits per heavy atom. The van der Waals surface area contributed by atoms with Gasteiger partial charge in [0.2, 0.25) is 0 Å². The van der Waals surface area contributed by atoms with Crippen molar-refractivity contribution in [2.24, 2.45) is 0 Å². The normalized spacial score (nSPS) is 24.1. The van der Waals surface area contributed by atoms with Crippen LogP contribution in [0.2, 0.25) is 0 Å². The van der Waals surface area contributed by atoms with Gasteiger partial charge in [0, 0.05) is 6.54 Å². The number of nitrogens with zero attached hydrogens (tertiary/aromatic N) is 1. The van der Waals surface area contributed by atoms with Gasteiger partial charge in [0.15, 0.2) is 0 Å². The van der Waals surface area contributed by atoms with Crippen molar-refractivity contribution in [2.45, 2.75) is 13.0 Å². The van der Waals surface area contributed by atoms with Crippen molar-refractivity contribution in [3.63, 3.8) is 0 Å². The van der Waals surface area contributed by atoms with Crippen LogP contribution in [0.1, 0.15) is 6.92 Å². The minimum absolute atomic E-state index is 0. The van der Waals surface area contributed by atoms with Crippen molar-refractivity contribution in [1.29, 1.82) is 0 Å². The number of hydrogen-bond donors (Lipinski definition) is 1. The number of hydrogen-bond acceptors (Lipinski definition) is 2. The van der Waals surface area contributed by atoms with Gasteiger partial charge < -0.3 is 14.7 Å². The smallest absolute Gasteiger partial charge is 0.407 e. The summed E-state index contributed by atoms with van der Waals surface area (Å²) in [5.74, 6) is 0. The molecule has 0 bridgehead atoms. The van der Waals surface area contributed by atoms with E-state index in [1.54, 1.807) is 0 Å². The summed E-state index contributed by atoms with van der Waals surface area (Å²) in [6.45, 7) is 3.39. The van der Waals surface area contributed by atoms with E-state index in [2.05, 4.69) is 0 Å². The molecule has 1 atom stereocenters. The standard InChI is InChI=1S/C6H11NO3.ClH/c1-5-4-7(6(8)9)2-3-10-5;/h5H,2-4H2,1H3,(H,8,9);1H/t5-;/m1./s1. The highest BCUT2D eigenvalue weighted by atomic mass is 35.5. The number of rotatable bonds is 0. The van der Waals surface area contributed by atoms with Crippen molar-refractivity contribution in [2.75, 3.05) is 19.7 Å². The summed E-state index contributed by atoms with van der Waals surface area (Å²) >= 11 is 0. The molecule has 1 fully saturated rings. The molecule has 0 aliphatic carbocycles. The molecule has 1 amide bonds. The summed E-state index contributed by atoms with van der Waals surface area (Å²) in [7, 11) is 0. The third-order valence-electron chi connectivity index (χ3n) is 1.51. The summed E-state index contributed by atoms with van der Waals surface area (Å²) in [5, 5.41) is 8.53. The summed E-state index contributed by atoms with van der Waals surface area (Å²) in [5.41, 5.74) is 0. The molecule has 1 aliphatic heterocycles. The van der Waals surface area contributed by atoms with Crippen LogP contribution < -0.4 is 0 Å². The molecule has 0 aromatic heterocycles. The number of halogens is 1. The second-order valence-corrected chi connectivity index (χ2v) is 2.41. The highest BCUT2D eigenvalue weighted by Gasteiger charge is 2.19. The van der Waals surface area contributed by atoms with E-state index in [0.717, 1.165) is 0 Å². The SMILES string of the molecule is C[C@@H]1CN(C(=O)O)CCO1.Cl. The van der Waals surface area contributed by atoms with Crippen molar-refractivity contribution < 1.29 is 14.6 Å². The molecule has 5 heteroatoms. The molecule has 0 aromatic rings. The largest absolute Gasteiger partial charge is 0.465 e. The third kappa shape index (κ3) is 2.95. The van der Waals surface area contributed by atoms with Gasteiger partial charge in [0.25, 0.3) is 0 Å². The maximum atomic E-state index is 10.4. The van der Waals surface area contributed by atoms with E-state index in [-0.39, 0.29) is 18.5 Å². The van der Waals surface area contributed by atoms with E-state index in [9.17, 15) is 4.79 Å². The molecule has 1 N–H and O–H groups in total. The van der Waals surface area contributed by atoms with Gasteiger partial charge in [-0.3, -0.25) is 0 Å². The zero-order chi connectivity index (χ0) is 7.56. The van der Waals surface area contributed by atoms with Crippen LogP contribution in [0.5, 0.6) is 0 Å². The molecule has 1 aliphatic rings. The van der Waals surface area contributed by atoms with Crippen LogP contribution in [0.15, 0.2) is 0 Å². The van der Waals surface area contributed by atoms with Gasteiger partial charge in [-0.15, -0.1) is 12.4 Å². The second-order valence-electron chi connectivity index (χ2n) is 2.41. The number of ether oxygens (including phenoxy) is 1. The second kappa shape index (κ2) is 4.41. The number of carboxylic acid groups (broad SMARTS) is 1. The number of carbonyl (C=O) groups is 1. The fourth-order valence-electron chi connectivity index (χ4n) is 0.992. The van der Waals surface area contributed by atoms with Gasteiger partial charge in [0.1, 0.15) is 0 Å². The van der Waals surface area contributed by atoms with Gasteiger partial charge in [-0.05, 0) is 6.92 Å². The van der Waals surface area contributed by atoms with E-state index < -0.39 is 6.09 Å². The first kappa shape index (κ1) is 10.5. The fraction of sp³-hybridized carbons (Fsp3) is 0.833. The molecule has 0 saturated carbocycles. The Labute approximate surface area is 71.5 Å². The summed E-state index contributed by atoms with van der Waals surface area (Å²) in [6, 6.07) is 0. The van der Waals surface area contributed by atoms with E-state index in [1.165, 1.54) is 4.90 Å². The third-order valence-corrected chi connectivity index (χ3v) is 1.51. The highest BCUT2D eigenvalue weighted by Crippen LogP contribution is 2.03. The maximum absolute atomic E-state index is 10.4. The molecule has 4 nitrogen and oxygen atoms in total. The van der Waals surface area contributed by atoms with Crippen molar-refractivity contribution in [1.82, 2.24) is 4.90 Å². The molecule has 1 heterocycles. The van der Waals surface area contributed by atoms with Crippen LogP contribution in [0, 0.1) is 0 Å².